The predicted molar refractivity (Wildman–Crippen MR) is 60.8 cm³/mol. The molecule has 14 heavy (non-hydrogen) atoms. The molecule has 0 bridgehead atoms. The molecule has 0 radical (unpaired) electrons. The second kappa shape index (κ2) is 5.14. The molecular formula is C11H13BrN2. The van der Waals surface area contributed by atoms with Crippen LogP contribution in [0.3, 0.4) is 0 Å². The van der Waals surface area contributed by atoms with Crippen molar-refractivity contribution in [2.45, 2.75) is 25.8 Å². The van der Waals surface area contributed by atoms with E-state index in [1.54, 1.807) is 6.07 Å². The lowest BCUT2D eigenvalue weighted by Gasteiger charge is -2.07. The fraction of sp³-hybridized carbons (Fsp3) is 0.364. The highest BCUT2D eigenvalue weighted by atomic mass is 79.9. The average molecular weight is 253 g/mol. The minimum absolute atomic E-state index is 0.202. The van der Waals surface area contributed by atoms with Gasteiger partial charge in [0, 0.05) is 10.5 Å². The monoisotopic (exact) mass is 252 g/mol. The summed E-state index contributed by atoms with van der Waals surface area (Å²) in [6.45, 7) is 1.99. The van der Waals surface area contributed by atoms with Gasteiger partial charge >= 0.3 is 0 Å². The molecule has 0 fully saturated rings. The molecule has 3 heteroatoms. The molecule has 0 saturated carbocycles. The molecule has 1 aromatic carbocycles. The molecule has 0 amide bonds. The Morgan fingerprint density at radius 1 is 1.57 bits per heavy atom. The molecule has 74 valence electrons. The van der Waals surface area contributed by atoms with Gasteiger partial charge in [-0.25, -0.2) is 0 Å². The van der Waals surface area contributed by atoms with Crippen LogP contribution in [0.4, 0.5) is 0 Å². The first-order chi connectivity index (χ1) is 6.63. The van der Waals surface area contributed by atoms with Gasteiger partial charge in [-0.05, 0) is 43.5 Å². The summed E-state index contributed by atoms with van der Waals surface area (Å²) >= 11 is 3.46. The molecule has 0 saturated heterocycles. The number of hydrogen-bond acceptors (Lipinski definition) is 2. The summed E-state index contributed by atoms with van der Waals surface area (Å²) in [5, 5.41) is 8.74. The average Bonchev–Trinajstić information content (AvgIpc) is 2.16. The minimum Gasteiger partial charge on any atom is -0.328 e. The van der Waals surface area contributed by atoms with Crippen LogP contribution in [0.2, 0.25) is 0 Å². The maximum absolute atomic E-state index is 8.74. The summed E-state index contributed by atoms with van der Waals surface area (Å²) < 4.78 is 1.05. The zero-order valence-electron chi connectivity index (χ0n) is 8.13. The van der Waals surface area contributed by atoms with E-state index in [2.05, 4.69) is 22.0 Å². The van der Waals surface area contributed by atoms with Gasteiger partial charge in [0.15, 0.2) is 0 Å². The molecule has 0 heterocycles. The lowest BCUT2D eigenvalue weighted by Crippen LogP contribution is -2.15. The molecule has 0 spiro atoms. The van der Waals surface area contributed by atoms with Crippen molar-refractivity contribution in [1.29, 1.82) is 5.26 Å². The third kappa shape index (κ3) is 3.13. The van der Waals surface area contributed by atoms with Crippen molar-refractivity contribution in [3.8, 4) is 6.07 Å². The van der Waals surface area contributed by atoms with Crippen molar-refractivity contribution in [3.63, 3.8) is 0 Å². The van der Waals surface area contributed by atoms with Gasteiger partial charge in [0.1, 0.15) is 0 Å². The van der Waals surface area contributed by atoms with Crippen LogP contribution in [0.1, 0.15) is 24.5 Å². The Morgan fingerprint density at radius 3 is 2.86 bits per heavy atom. The number of aryl methyl sites for hydroxylation is 1. The van der Waals surface area contributed by atoms with Crippen molar-refractivity contribution in [2.75, 3.05) is 0 Å². The highest BCUT2D eigenvalue weighted by molar-refractivity contribution is 9.10. The number of nitrogens with zero attached hydrogens (tertiary/aromatic N) is 1. The Bertz CT molecular complexity index is 353. The molecule has 1 rings (SSSR count). The van der Waals surface area contributed by atoms with Gasteiger partial charge in [-0.2, -0.15) is 5.26 Å². The van der Waals surface area contributed by atoms with Gasteiger partial charge in [-0.3, -0.25) is 0 Å². The maximum Gasteiger partial charge on any atom is 0.0991 e. The van der Waals surface area contributed by atoms with Crippen LogP contribution in [0.5, 0.6) is 0 Å². The SMILES string of the molecule is CC(N)CCc1cc(C#N)ccc1Br. The summed E-state index contributed by atoms with van der Waals surface area (Å²) in [4.78, 5) is 0. The fourth-order valence-electron chi connectivity index (χ4n) is 1.22. The quantitative estimate of drug-likeness (QED) is 0.900. The van der Waals surface area contributed by atoms with E-state index in [1.165, 1.54) is 0 Å². The molecule has 0 aromatic heterocycles. The maximum atomic E-state index is 8.74. The van der Waals surface area contributed by atoms with Crippen LogP contribution >= 0.6 is 15.9 Å². The zero-order chi connectivity index (χ0) is 10.6. The molecule has 0 aliphatic heterocycles. The van der Waals surface area contributed by atoms with E-state index in [9.17, 15) is 0 Å². The Balaban J connectivity index is 2.80. The van der Waals surface area contributed by atoms with E-state index >= 15 is 0 Å². The van der Waals surface area contributed by atoms with Gasteiger partial charge in [0.2, 0.25) is 0 Å². The first-order valence-corrected chi connectivity index (χ1v) is 5.37. The first kappa shape index (κ1) is 11.2. The number of hydrogen-bond donors (Lipinski definition) is 1. The van der Waals surface area contributed by atoms with Gasteiger partial charge in [0.25, 0.3) is 0 Å². The second-order valence-corrected chi connectivity index (χ2v) is 4.29. The van der Waals surface area contributed by atoms with Gasteiger partial charge < -0.3 is 5.73 Å². The Hall–Kier alpha value is -0.850. The van der Waals surface area contributed by atoms with Crippen LogP contribution in [0, 0.1) is 11.3 Å². The smallest absolute Gasteiger partial charge is 0.0991 e. The van der Waals surface area contributed by atoms with E-state index in [1.807, 2.05) is 19.1 Å². The van der Waals surface area contributed by atoms with E-state index < -0.39 is 0 Å². The Kier molecular flexibility index (Phi) is 4.12. The largest absolute Gasteiger partial charge is 0.328 e. The third-order valence-corrected chi connectivity index (χ3v) is 2.82. The van der Waals surface area contributed by atoms with Crippen LogP contribution in [-0.4, -0.2) is 6.04 Å². The minimum atomic E-state index is 0.202. The summed E-state index contributed by atoms with van der Waals surface area (Å²) in [5.74, 6) is 0. The van der Waals surface area contributed by atoms with Gasteiger partial charge in [0.05, 0.1) is 11.6 Å². The summed E-state index contributed by atoms with van der Waals surface area (Å²) in [5.41, 5.74) is 7.54. The van der Waals surface area contributed by atoms with Crippen molar-refractivity contribution < 1.29 is 0 Å². The lowest BCUT2D eigenvalue weighted by atomic mass is 10.0. The molecule has 1 aromatic rings. The summed E-state index contributed by atoms with van der Waals surface area (Å²) in [6.07, 6.45) is 1.85. The number of rotatable bonds is 3. The van der Waals surface area contributed by atoms with Gasteiger partial charge in [-0.1, -0.05) is 15.9 Å². The number of halogens is 1. The van der Waals surface area contributed by atoms with Crippen molar-refractivity contribution in [1.82, 2.24) is 0 Å². The number of benzene rings is 1. The molecular weight excluding hydrogens is 240 g/mol. The van der Waals surface area contributed by atoms with E-state index in [-0.39, 0.29) is 6.04 Å². The standard InChI is InChI=1S/C11H13BrN2/c1-8(14)2-4-10-6-9(7-13)3-5-11(10)12/h3,5-6,8H,2,4,14H2,1H3. The van der Waals surface area contributed by atoms with Crippen LogP contribution in [0.25, 0.3) is 0 Å². The third-order valence-electron chi connectivity index (χ3n) is 2.04. The second-order valence-electron chi connectivity index (χ2n) is 3.43. The predicted octanol–water partition coefficient (Wildman–Crippen LogP) is 2.60. The van der Waals surface area contributed by atoms with Crippen LogP contribution in [-0.2, 0) is 6.42 Å². The first-order valence-electron chi connectivity index (χ1n) is 4.57. The number of nitriles is 1. The number of nitrogens with two attached hydrogens (primary N) is 1. The van der Waals surface area contributed by atoms with Gasteiger partial charge in [-0.15, -0.1) is 0 Å². The molecule has 0 aliphatic carbocycles. The summed E-state index contributed by atoms with van der Waals surface area (Å²) in [6, 6.07) is 7.96. The van der Waals surface area contributed by atoms with E-state index in [0.29, 0.717) is 5.56 Å². The highest BCUT2D eigenvalue weighted by Gasteiger charge is 2.03. The van der Waals surface area contributed by atoms with Crippen molar-refractivity contribution in [2.24, 2.45) is 5.73 Å². The van der Waals surface area contributed by atoms with E-state index in [0.717, 1.165) is 22.9 Å². The van der Waals surface area contributed by atoms with Crippen molar-refractivity contribution in [3.05, 3.63) is 33.8 Å². The molecule has 0 aliphatic rings. The highest BCUT2D eigenvalue weighted by Crippen LogP contribution is 2.19. The molecule has 2 nitrogen and oxygen atoms in total. The van der Waals surface area contributed by atoms with Crippen LogP contribution in [0.15, 0.2) is 22.7 Å². The molecule has 1 unspecified atom stereocenters. The summed E-state index contributed by atoms with van der Waals surface area (Å²) in [7, 11) is 0. The lowest BCUT2D eigenvalue weighted by molar-refractivity contribution is 0.665. The van der Waals surface area contributed by atoms with E-state index in [4.69, 9.17) is 11.0 Å². The topological polar surface area (TPSA) is 49.8 Å². The Labute approximate surface area is 92.9 Å². The normalized spacial score (nSPS) is 12.1. The van der Waals surface area contributed by atoms with Crippen LogP contribution < -0.4 is 5.73 Å². The zero-order valence-corrected chi connectivity index (χ0v) is 9.71. The molecule has 2 N–H and O–H groups in total. The molecule has 1 atom stereocenters. The van der Waals surface area contributed by atoms with Crippen molar-refractivity contribution >= 4 is 15.9 Å². The fourth-order valence-corrected chi connectivity index (χ4v) is 1.66. The Morgan fingerprint density at radius 2 is 2.29 bits per heavy atom.